The van der Waals surface area contributed by atoms with Crippen LogP contribution in [0.4, 0.5) is 0 Å². The number of ether oxygens (including phenoxy) is 3. The maximum atomic E-state index is 12.8. The fourth-order valence-corrected chi connectivity index (χ4v) is 8.52. The number of carbonyl (C=O) groups excluding carboxylic acids is 3. The van der Waals surface area contributed by atoms with Gasteiger partial charge in [-0.3, -0.25) is 14.4 Å². The van der Waals surface area contributed by atoms with Gasteiger partial charge in [-0.1, -0.05) is 272 Å². The van der Waals surface area contributed by atoms with Gasteiger partial charge in [0.15, 0.2) is 6.10 Å². The van der Waals surface area contributed by atoms with E-state index < -0.39 is 6.10 Å². The van der Waals surface area contributed by atoms with Gasteiger partial charge in [-0.15, -0.1) is 0 Å². The summed E-state index contributed by atoms with van der Waals surface area (Å²) >= 11 is 0. The number of carbonyl (C=O) groups is 3. The zero-order valence-electron chi connectivity index (χ0n) is 42.5. The zero-order chi connectivity index (χ0) is 45.4. The van der Waals surface area contributed by atoms with Gasteiger partial charge in [0.05, 0.1) is 0 Å². The number of rotatable bonds is 50. The van der Waals surface area contributed by atoms with Crippen LogP contribution >= 0.6 is 0 Å². The third kappa shape index (κ3) is 49.4. The van der Waals surface area contributed by atoms with Crippen molar-refractivity contribution in [1.29, 1.82) is 0 Å². The molecule has 0 aliphatic heterocycles. The molecule has 0 aliphatic rings. The van der Waals surface area contributed by atoms with E-state index in [0.29, 0.717) is 19.3 Å². The van der Waals surface area contributed by atoms with Crippen molar-refractivity contribution in [3.8, 4) is 0 Å². The van der Waals surface area contributed by atoms with Crippen LogP contribution in [0.15, 0.2) is 0 Å². The summed E-state index contributed by atoms with van der Waals surface area (Å²) in [6.45, 7) is 11.4. The lowest BCUT2D eigenvalue weighted by Crippen LogP contribution is -2.30. The third-order valence-electron chi connectivity index (χ3n) is 12.7. The molecule has 0 radical (unpaired) electrons. The van der Waals surface area contributed by atoms with E-state index in [-0.39, 0.29) is 31.1 Å². The molecule has 0 aromatic carbocycles. The number of hydrogen-bond donors (Lipinski definition) is 0. The standard InChI is InChI=1S/C56H108O6/c1-6-7-8-9-10-11-19-26-31-36-41-46-54(57)60-49-53(62-56(59)48-43-38-33-28-23-18-17-21-25-30-35-40-45-52(4)5)50-61-55(58)47-42-37-32-27-22-16-14-12-13-15-20-24-29-34-39-44-51(2)3/h51-53H,6-50H2,1-5H3/t53-/m0/s1. The summed E-state index contributed by atoms with van der Waals surface area (Å²) in [4.78, 5) is 38.0. The van der Waals surface area contributed by atoms with E-state index in [2.05, 4.69) is 34.6 Å². The van der Waals surface area contributed by atoms with Gasteiger partial charge in [0.2, 0.25) is 0 Å². The topological polar surface area (TPSA) is 78.9 Å². The van der Waals surface area contributed by atoms with Gasteiger partial charge in [-0.05, 0) is 31.1 Å². The molecular weight excluding hydrogens is 769 g/mol. The number of esters is 3. The lowest BCUT2D eigenvalue weighted by Gasteiger charge is -2.18. The van der Waals surface area contributed by atoms with Crippen LogP contribution in [0.3, 0.4) is 0 Å². The molecule has 0 N–H and O–H groups in total. The first kappa shape index (κ1) is 60.4. The van der Waals surface area contributed by atoms with Gasteiger partial charge in [-0.2, -0.15) is 0 Å². The molecule has 0 spiro atoms. The Morgan fingerprint density at radius 2 is 0.532 bits per heavy atom. The highest BCUT2D eigenvalue weighted by molar-refractivity contribution is 5.71. The van der Waals surface area contributed by atoms with Crippen molar-refractivity contribution < 1.29 is 28.6 Å². The number of hydrogen-bond acceptors (Lipinski definition) is 6. The molecule has 0 saturated carbocycles. The Morgan fingerprint density at radius 1 is 0.306 bits per heavy atom. The van der Waals surface area contributed by atoms with Crippen molar-refractivity contribution in [2.45, 2.75) is 317 Å². The smallest absolute Gasteiger partial charge is 0.306 e. The van der Waals surface area contributed by atoms with E-state index in [1.165, 1.54) is 199 Å². The Balaban J connectivity index is 4.27. The van der Waals surface area contributed by atoms with Crippen LogP contribution < -0.4 is 0 Å². The molecule has 0 aromatic heterocycles. The van der Waals surface area contributed by atoms with Gasteiger partial charge in [0.25, 0.3) is 0 Å². The lowest BCUT2D eigenvalue weighted by molar-refractivity contribution is -0.167. The highest BCUT2D eigenvalue weighted by Gasteiger charge is 2.19. The van der Waals surface area contributed by atoms with E-state index in [0.717, 1.165) is 69.6 Å². The predicted octanol–water partition coefficient (Wildman–Crippen LogP) is 18.1. The Bertz CT molecular complexity index is 947. The van der Waals surface area contributed by atoms with Crippen LogP contribution in [-0.4, -0.2) is 37.2 Å². The molecule has 0 aliphatic carbocycles. The second kappa shape index (κ2) is 48.9. The zero-order valence-corrected chi connectivity index (χ0v) is 42.5. The largest absolute Gasteiger partial charge is 0.462 e. The van der Waals surface area contributed by atoms with Crippen LogP contribution in [-0.2, 0) is 28.6 Å². The monoisotopic (exact) mass is 877 g/mol. The van der Waals surface area contributed by atoms with Crippen LogP contribution in [0.1, 0.15) is 311 Å². The summed E-state index contributed by atoms with van der Waals surface area (Å²) in [6.07, 6.45) is 50.9. The fraction of sp³-hybridized carbons (Fsp3) is 0.946. The van der Waals surface area contributed by atoms with Gasteiger partial charge >= 0.3 is 17.9 Å². The van der Waals surface area contributed by atoms with Crippen molar-refractivity contribution in [1.82, 2.24) is 0 Å². The first-order valence-corrected chi connectivity index (χ1v) is 27.7. The minimum absolute atomic E-state index is 0.0630. The molecule has 0 heterocycles. The van der Waals surface area contributed by atoms with Gasteiger partial charge < -0.3 is 14.2 Å². The summed E-state index contributed by atoms with van der Waals surface area (Å²) in [6, 6.07) is 0. The minimum atomic E-state index is -0.762. The quantitative estimate of drug-likeness (QED) is 0.0344. The van der Waals surface area contributed by atoms with E-state index in [1.54, 1.807) is 0 Å². The van der Waals surface area contributed by atoms with Crippen molar-refractivity contribution in [3.05, 3.63) is 0 Å². The van der Waals surface area contributed by atoms with Crippen LogP contribution in [0.5, 0.6) is 0 Å². The van der Waals surface area contributed by atoms with E-state index >= 15 is 0 Å². The van der Waals surface area contributed by atoms with Crippen molar-refractivity contribution >= 4 is 17.9 Å². The Hall–Kier alpha value is -1.59. The molecule has 0 fully saturated rings. The molecule has 62 heavy (non-hydrogen) atoms. The first-order valence-electron chi connectivity index (χ1n) is 27.7. The number of unbranched alkanes of at least 4 members (excludes halogenated alkanes) is 35. The van der Waals surface area contributed by atoms with Gasteiger partial charge in [0.1, 0.15) is 13.2 Å². The second-order valence-electron chi connectivity index (χ2n) is 20.2. The van der Waals surface area contributed by atoms with Crippen LogP contribution in [0, 0.1) is 11.8 Å². The molecule has 368 valence electrons. The minimum Gasteiger partial charge on any atom is -0.462 e. The maximum absolute atomic E-state index is 12.8. The molecule has 1 atom stereocenters. The van der Waals surface area contributed by atoms with E-state index in [4.69, 9.17) is 14.2 Å². The van der Waals surface area contributed by atoms with Crippen molar-refractivity contribution in [2.24, 2.45) is 11.8 Å². The molecule has 6 nitrogen and oxygen atoms in total. The summed E-state index contributed by atoms with van der Waals surface area (Å²) in [7, 11) is 0. The highest BCUT2D eigenvalue weighted by atomic mass is 16.6. The summed E-state index contributed by atoms with van der Waals surface area (Å²) < 4.78 is 16.8. The molecule has 0 rings (SSSR count). The molecule has 0 amide bonds. The van der Waals surface area contributed by atoms with Crippen LogP contribution in [0.25, 0.3) is 0 Å². The summed E-state index contributed by atoms with van der Waals surface area (Å²) in [5.74, 6) is 0.838. The van der Waals surface area contributed by atoms with Crippen LogP contribution in [0.2, 0.25) is 0 Å². The first-order chi connectivity index (χ1) is 30.2. The van der Waals surface area contributed by atoms with E-state index in [1.807, 2.05) is 0 Å². The average molecular weight is 877 g/mol. The van der Waals surface area contributed by atoms with Crippen molar-refractivity contribution in [2.75, 3.05) is 13.2 Å². The summed E-state index contributed by atoms with van der Waals surface area (Å²) in [5.41, 5.74) is 0. The lowest BCUT2D eigenvalue weighted by atomic mass is 10.0. The van der Waals surface area contributed by atoms with E-state index in [9.17, 15) is 14.4 Å². The van der Waals surface area contributed by atoms with Crippen molar-refractivity contribution in [3.63, 3.8) is 0 Å². The fourth-order valence-electron chi connectivity index (χ4n) is 8.52. The molecular formula is C56H108O6. The maximum Gasteiger partial charge on any atom is 0.306 e. The third-order valence-corrected chi connectivity index (χ3v) is 12.7. The highest BCUT2D eigenvalue weighted by Crippen LogP contribution is 2.18. The molecule has 6 heteroatoms. The van der Waals surface area contributed by atoms with Gasteiger partial charge in [-0.25, -0.2) is 0 Å². The Labute approximate surface area is 387 Å². The predicted molar refractivity (Wildman–Crippen MR) is 266 cm³/mol. The summed E-state index contributed by atoms with van der Waals surface area (Å²) in [5, 5.41) is 0. The molecule has 0 saturated heterocycles. The second-order valence-corrected chi connectivity index (χ2v) is 20.2. The molecule has 0 unspecified atom stereocenters. The average Bonchev–Trinajstić information content (AvgIpc) is 3.24. The SMILES string of the molecule is CCCCCCCCCCCCCC(=O)OC[C@@H](COC(=O)CCCCCCCCCCCCCCCCCC(C)C)OC(=O)CCCCCCCCCCCCCCC(C)C. The normalized spacial score (nSPS) is 12.0. The Kier molecular flexibility index (Phi) is 47.6. The van der Waals surface area contributed by atoms with Gasteiger partial charge in [0, 0.05) is 19.3 Å². The Morgan fingerprint density at radius 3 is 0.790 bits per heavy atom. The molecule has 0 aromatic rings. The molecule has 0 bridgehead atoms.